The summed E-state index contributed by atoms with van der Waals surface area (Å²) in [4.78, 5) is 2.62. The molecule has 0 spiro atoms. The van der Waals surface area contributed by atoms with Gasteiger partial charge in [0.05, 0.1) is 6.26 Å². The summed E-state index contributed by atoms with van der Waals surface area (Å²) >= 11 is 0. The van der Waals surface area contributed by atoms with Crippen LogP contribution in [0.3, 0.4) is 0 Å². The quantitative estimate of drug-likeness (QED) is 0.801. The lowest BCUT2D eigenvalue weighted by molar-refractivity contribution is 0.146. The minimum atomic E-state index is -0.527. The molecule has 1 aliphatic carbocycles. The molecule has 1 aromatic heterocycles. The van der Waals surface area contributed by atoms with Crippen LogP contribution in [0, 0.1) is 5.92 Å². The molecular weight excluding hydrogens is 228 g/mol. The molecule has 1 aliphatic heterocycles. The summed E-state index contributed by atoms with van der Waals surface area (Å²) in [6.07, 6.45) is 5.17. The minimum Gasteiger partial charge on any atom is -0.467 e. The fourth-order valence-corrected chi connectivity index (χ4v) is 2.81. The maximum absolute atomic E-state index is 9.87. The van der Waals surface area contributed by atoms with E-state index in [0.717, 1.165) is 18.5 Å². The van der Waals surface area contributed by atoms with Crippen molar-refractivity contribution in [3.05, 3.63) is 24.2 Å². The molecule has 2 heterocycles. The number of furan rings is 1. The van der Waals surface area contributed by atoms with E-state index in [0.29, 0.717) is 12.3 Å². The Morgan fingerprint density at radius 3 is 3.06 bits per heavy atom. The van der Waals surface area contributed by atoms with Crippen LogP contribution in [0.15, 0.2) is 22.8 Å². The third-order valence-electron chi connectivity index (χ3n) is 4.02. The lowest BCUT2D eigenvalue weighted by Crippen LogP contribution is -2.30. The molecule has 0 radical (unpaired) electrons. The molecule has 1 saturated carbocycles. The van der Waals surface area contributed by atoms with Gasteiger partial charge >= 0.3 is 0 Å². The topological polar surface area (TPSA) is 48.6 Å². The summed E-state index contributed by atoms with van der Waals surface area (Å²) in [7, 11) is 0. The van der Waals surface area contributed by atoms with Crippen LogP contribution in [0.1, 0.15) is 31.1 Å². The number of aliphatic hydroxyl groups excluding tert-OH is 1. The number of hydrogen-bond donors (Lipinski definition) is 2. The molecule has 2 fully saturated rings. The van der Waals surface area contributed by atoms with Gasteiger partial charge in [-0.2, -0.15) is 0 Å². The van der Waals surface area contributed by atoms with Crippen molar-refractivity contribution in [3.8, 4) is 0 Å². The Morgan fingerprint density at radius 1 is 1.44 bits per heavy atom. The summed E-state index contributed by atoms with van der Waals surface area (Å²) < 4.78 is 5.18. The third-order valence-corrected chi connectivity index (χ3v) is 4.02. The lowest BCUT2D eigenvalue weighted by Gasteiger charge is -2.16. The number of rotatable bonds is 6. The summed E-state index contributed by atoms with van der Waals surface area (Å²) in [6, 6.07) is 4.52. The van der Waals surface area contributed by atoms with Crippen LogP contribution in [0.4, 0.5) is 0 Å². The second-order valence-electron chi connectivity index (χ2n) is 5.57. The monoisotopic (exact) mass is 250 g/mol. The molecule has 0 amide bonds. The van der Waals surface area contributed by atoms with Gasteiger partial charge in [0.15, 0.2) is 0 Å². The van der Waals surface area contributed by atoms with E-state index in [9.17, 15) is 5.11 Å². The minimum absolute atomic E-state index is 0.527. The van der Waals surface area contributed by atoms with Gasteiger partial charge in [-0.1, -0.05) is 0 Å². The second kappa shape index (κ2) is 5.43. The predicted octanol–water partition coefficient (Wildman–Crippen LogP) is 1.39. The van der Waals surface area contributed by atoms with Crippen molar-refractivity contribution in [2.75, 3.05) is 26.2 Å². The van der Waals surface area contributed by atoms with E-state index < -0.39 is 6.10 Å². The summed E-state index contributed by atoms with van der Waals surface area (Å²) in [5.41, 5.74) is 0. The highest BCUT2D eigenvalue weighted by atomic mass is 16.4. The molecule has 2 atom stereocenters. The van der Waals surface area contributed by atoms with E-state index in [1.165, 1.54) is 32.4 Å². The van der Waals surface area contributed by atoms with Gasteiger partial charge in [0.2, 0.25) is 0 Å². The van der Waals surface area contributed by atoms with E-state index in [1.807, 2.05) is 12.1 Å². The predicted molar refractivity (Wildman–Crippen MR) is 69.2 cm³/mol. The molecule has 2 aliphatic rings. The number of nitrogens with one attached hydrogen (secondary N) is 1. The van der Waals surface area contributed by atoms with Gasteiger partial charge < -0.3 is 19.7 Å². The van der Waals surface area contributed by atoms with Crippen molar-refractivity contribution in [2.24, 2.45) is 5.92 Å². The Balaban J connectivity index is 1.35. The molecular formula is C14H22N2O2. The first-order chi connectivity index (χ1) is 8.83. The van der Waals surface area contributed by atoms with E-state index in [1.54, 1.807) is 6.26 Å². The van der Waals surface area contributed by atoms with Crippen LogP contribution in [-0.2, 0) is 0 Å². The zero-order valence-electron chi connectivity index (χ0n) is 10.7. The molecule has 0 bridgehead atoms. The van der Waals surface area contributed by atoms with Gasteiger partial charge in [0.25, 0.3) is 0 Å². The number of aliphatic hydroxyl groups is 1. The van der Waals surface area contributed by atoms with E-state index in [4.69, 9.17) is 4.42 Å². The lowest BCUT2D eigenvalue weighted by atomic mass is 10.1. The van der Waals surface area contributed by atoms with Crippen LogP contribution < -0.4 is 5.32 Å². The zero-order chi connectivity index (χ0) is 12.4. The van der Waals surface area contributed by atoms with Crippen molar-refractivity contribution in [1.29, 1.82) is 0 Å². The molecule has 2 N–H and O–H groups in total. The van der Waals surface area contributed by atoms with Crippen molar-refractivity contribution in [1.82, 2.24) is 10.2 Å². The smallest absolute Gasteiger partial charge is 0.133 e. The number of likely N-dealkylation sites (tertiary alicyclic amines) is 1. The average Bonchev–Trinajstić information content (AvgIpc) is 2.92. The first-order valence-corrected chi connectivity index (χ1v) is 6.99. The molecule has 2 unspecified atom stereocenters. The average molecular weight is 250 g/mol. The second-order valence-corrected chi connectivity index (χ2v) is 5.57. The van der Waals surface area contributed by atoms with E-state index in [2.05, 4.69) is 10.2 Å². The Bertz CT molecular complexity index is 362. The Kier molecular flexibility index (Phi) is 3.68. The molecule has 1 aromatic rings. The normalized spacial score (nSPS) is 26.6. The third kappa shape index (κ3) is 2.94. The molecule has 4 heteroatoms. The van der Waals surface area contributed by atoms with Crippen LogP contribution in [0.2, 0.25) is 0 Å². The van der Waals surface area contributed by atoms with Crippen molar-refractivity contribution in [2.45, 2.75) is 31.4 Å². The highest BCUT2D eigenvalue weighted by Gasteiger charge is 2.34. The Labute approximate surface area is 108 Å². The largest absolute Gasteiger partial charge is 0.467 e. The number of hydrogen-bond acceptors (Lipinski definition) is 4. The van der Waals surface area contributed by atoms with Crippen LogP contribution >= 0.6 is 0 Å². The van der Waals surface area contributed by atoms with Gasteiger partial charge in [-0.05, 0) is 50.4 Å². The molecule has 3 rings (SSSR count). The fraction of sp³-hybridized carbons (Fsp3) is 0.714. The van der Waals surface area contributed by atoms with Gasteiger partial charge in [0.1, 0.15) is 11.9 Å². The maximum atomic E-state index is 9.87. The van der Waals surface area contributed by atoms with Gasteiger partial charge in [-0.3, -0.25) is 0 Å². The Hall–Kier alpha value is -0.840. The van der Waals surface area contributed by atoms with E-state index >= 15 is 0 Å². The van der Waals surface area contributed by atoms with Gasteiger partial charge in [-0.15, -0.1) is 0 Å². The highest BCUT2D eigenvalue weighted by Crippen LogP contribution is 2.31. The van der Waals surface area contributed by atoms with Crippen molar-refractivity contribution < 1.29 is 9.52 Å². The molecule has 1 saturated heterocycles. The molecule has 4 nitrogen and oxygen atoms in total. The van der Waals surface area contributed by atoms with Gasteiger partial charge in [-0.25, -0.2) is 0 Å². The van der Waals surface area contributed by atoms with Crippen LogP contribution in [-0.4, -0.2) is 42.2 Å². The SMILES string of the molecule is OC(CNCC1CCN(C2CC2)C1)c1ccco1. The highest BCUT2D eigenvalue weighted by molar-refractivity contribution is 5.02. The summed E-state index contributed by atoms with van der Waals surface area (Å²) in [5.74, 6) is 1.39. The molecule has 18 heavy (non-hydrogen) atoms. The standard InChI is InChI=1S/C14H22N2O2/c17-13(14-2-1-7-18-14)9-15-8-11-5-6-16(10-11)12-3-4-12/h1-2,7,11-13,15,17H,3-6,8-10H2. The van der Waals surface area contributed by atoms with Crippen molar-refractivity contribution in [3.63, 3.8) is 0 Å². The molecule has 0 aromatic carbocycles. The van der Waals surface area contributed by atoms with Crippen molar-refractivity contribution >= 4 is 0 Å². The first kappa shape index (κ1) is 12.2. The first-order valence-electron chi connectivity index (χ1n) is 6.99. The summed E-state index contributed by atoms with van der Waals surface area (Å²) in [6.45, 7) is 4.07. The van der Waals surface area contributed by atoms with E-state index in [-0.39, 0.29) is 0 Å². The number of nitrogens with zero attached hydrogens (tertiary/aromatic N) is 1. The van der Waals surface area contributed by atoms with Gasteiger partial charge in [0, 0.05) is 19.1 Å². The molecule has 100 valence electrons. The zero-order valence-corrected chi connectivity index (χ0v) is 10.7. The maximum Gasteiger partial charge on any atom is 0.133 e. The Morgan fingerprint density at radius 2 is 2.33 bits per heavy atom. The summed E-state index contributed by atoms with van der Waals surface area (Å²) in [5, 5.41) is 13.2. The van der Waals surface area contributed by atoms with Crippen LogP contribution in [0.5, 0.6) is 0 Å². The van der Waals surface area contributed by atoms with Crippen LogP contribution in [0.25, 0.3) is 0 Å². The fourth-order valence-electron chi connectivity index (χ4n) is 2.81.